The van der Waals surface area contributed by atoms with E-state index in [1.807, 2.05) is 30.3 Å². The molecule has 0 fully saturated rings. The van der Waals surface area contributed by atoms with E-state index in [0.29, 0.717) is 16.2 Å². The van der Waals surface area contributed by atoms with Gasteiger partial charge in [0.1, 0.15) is 0 Å². The van der Waals surface area contributed by atoms with Gasteiger partial charge in [-0.25, -0.2) is 4.68 Å². The average molecular weight is 232 g/mol. The quantitative estimate of drug-likeness (QED) is 0.642. The van der Waals surface area contributed by atoms with Gasteiger partial charge in [0.05, 0.1) is 17.3 Å². The molecule has 3 aromatic rings. The summed E-state index contributed by atoms with van der Waals surface area (Å²) in [5.41, 5.74) is 1.51. The van der Waals surface area contributed by atoms with Crippen molar-refractivity contribution in [3.63, 3.8) is 0 Å². The van der Waals surface area contributed by atoms with Crippen molar-refractivity contribution in [2.45, 2.75) is 0 Å². The summed E-state index contributed by atoms with van der Waals surface area (Å²) < 4.78 is 1.68. The molecule has 0 aliphatic carbocycles. The second kappa shape index (κ2) is 3.53. The summed E-state index contributed by atoms with van der Waals surface area (Å²) in [4.78, 5) is 0. The van der Waals surface area contributed by atoms with Crippen LogP contribution in [0.1, 0.15) is 0 Å². The molecule has 0 saturated heterocycles. The van der Waals surface area contributed by atoms with Crippen molar-refractivity contribution >= 4 is 22.6 Å². The minimum Gasteiger partial charge on any atom is -0.213 e. The zero-order chi connectivity index (χ0) is 11.0. The Morgan fingerprint density at radius 3 is 2.69 bits per heavy atom. The number of hydrogen-bond acceptors (Lipinski definition) is 4. The van der Waals surface area contributed by atoms with Crippen LogP contribution >= 0.6 is 11.6 Å². The number of benzene rings is 1. The highest BCUT2D eigenvalue weighted by Gasteiger charge is 2.09. The van der Waals surface area contributed by atoms with Gasteiger partial charge in [0, 0.05) is 0 Å². The van der Waals surface area contributed by atoms with Crippen LogP contribution in [-0.2, 0) is 0 Å². The summed E-state index contributed by atoms with van der Waals surface area (Å²) in [7, 11) is 0. The molecule has 1 aromatic carbocycles. The van der Waals surface area contributed by atoms with Gasteiger partial charge in [-0.15, -0.1) is 10.2 Å². The standard InChI is InChI=1S/C10H6ClN5/c11-9-8-6-12-16(10(8)14-15-13-9)7-4-2-1-3-5-7/h1-6H. The zero-order valence-electron chi connectivity index (χ0n) is 8.08. The van der Waals surface area contributed by atoms with E-state index in [4.69, 9.17) is 11.6 Å². The molecule has 3 rings (SSSR count). The highest BCUT2D eigenvalue weighted by molar-refractivity contribution is 6.33. The van der Waals surface area contributed by atoms with Gasteiger partial charge in [-0.2, -0.15) is 5.10 Å². The number of halogens is 1. The van der Waals surface area contributed by atoms with Crippen molar-refractivity contribution in [3.8, 4) is 5.69 Å². The number of para-hydroxylation sites is 1. The lowest BCUT2D eigenvalue weighted by molar-refractivity contribution is 0.840. The minimum atomic E-state index is 0.312. The molecule has 0 atom stereocenters. The van der Waals surface area contributed by atoms with Crippen LogP contribution in [0, 0.1) is 0 Å². The van der Waals surface area contributed by atoms with E-state index in [1.165, 1.54) is 0 Å². The van der Waals surface area contributed by atoms with Gasteiger partial charge in [-0.1, -0.05) is 29.8 Å². The van der Waals surface area contributed by atoms with Gasteiger partial charge < -0.3 is 0 Å². The highest BCUT2D eigenvalue weighted by Crippen LogP contribution is 2.20. The molecule has 78 valence electrons. The highest BCUT2D eigenvalue weighted by atomic mass is 35.5. The number of aromatic nitrogens is 5. The molecule has 0 spiro atoms. The molecular formula is C10H6ClN5. The minimum absolute atomic E-state index is 0.312. The Kier molecular flexibility index (Phi) is 2.04. The van der Waals surface area contributed by atoms with Gasteiger partial charge in [-0.3, -0.25) is 0 Å². The molecular weight excluding hydrogens is 226 g/mol. The van der Waals surface area contributed by atoms with Crippen molar-refractivity contribution in [1.29, 1.82) is 0 Å². The molecule has 2 heterocycles. The summed E-state index contributed by atoms with van der Waals surface area (Å²) in [6.07, 6.45) is 1.63. The van der Waals surface area contributed by atoms with Crippen LogP contribution in [0.4, 0.5) is 0 Å². The Hall–Kier alpha value is -2.01. The van der Waals surface area contributed by atoms with Crippen molar-refractivity contribution in [2.24, 2.45) is 0 Å². The summed E-state index contributed by atoms with van der Waals surface area (Å²) in [6.45, 7) is 0. The van der Waals surface area contributed by atoms with Crippen LogP contribution in [0.5, 0.6) is 0 Å². The predicted octanol–water partition coefficient (Wildman–Crippen LogP) is 1.86. The first-order valence-corrected chi connectivity index (χ1v) is 5.02. The first-order chi connectivity index (χ1) is 7.86. The maximum Gasteiger partial charge on any atom is 0.190 e. The molecule has 0 bridgehead atoms. The molecule has 0 saturated carbocycles. The molecule has 0 radical (unpaired) electrons. The number of nitrogens with zero attached hydrogens (tertiary/aromatic N) is 5. The second-order valence-corrected chi connectivity index (χ2v) is 3.57. The Labute approximate surface area is 95.7 Å². The molecule has 2 aromatic heterocycles. The smallest absolute Gasteiger partial charge is 0.190 e. The molecule has 0 N–H and O–H groups in total. The fourth-order valence-corrected chi connectivity index (χ4v) is 1.67. The van der Waals surface area contributed by atoms with Gasteiger partial charge in [0.15, 0.2) is 10.8 Å². The molecule has 0 amide bonds. The maximum absolute atomic E-state index is 5.89. The largest absolute Gasteiger partial charge is 0.213 e. The summed E-state index contributed by atoms with van der Waals surface area (Å²) in [5, 5.41) is 16.4. The van der Waals surface area contributed by atoms with Crippen molar-refractivity contribution in [3.05, 3.63) is 41.7 Å². The number of rotatable bonds is 1. The van der Waals surface area contributed by atoms with Gasteiger partial charge in [0.25, 0.3) is 0 Å². The predicted molar refractivity (Wildman–Crippen MR) is 59.5 cm³/mol. The fourth-order valence-electron chi connectivity index (χ4n) is 1.50. The molecule has 6 heteroatoms. The monoisotopic (exact) mass is 231 g/mol. The fraction of sp³-hybridized carbons (Fsp3) is 0. The van der Waals surface area contributed by atoms with Crippen molar-refractivity contribution < 1.29 is 0 Å². The lowest BCUT2D eigenvalue weighted by Crippen LogP contribution is -1.98. The lowest BCUT2D eigenvalue weighted by Gasteiger charge is -2.00. The first kappa shape index (κ1) is 9.23. The third-order valence-corrected chi connectivity index (χ3v) is 2.52. The number of hydrogen-bond donors (Lipinski definition) is 0. The van der Waals surface area contributed by atoms with E-state index in [0.717, 1.165) is 5.69 Å². The van der Waals surface area contributed by atoms with Gasteiger partial charge in [-0.05, 0) is 17.3 Å². The first-order valence-electron chi connectivity index (χ1n) is 4.64. The van der Waals surface area contributed by atoms with Crippen molar-refractivity contribution in [2.75, 3.05) is 0 Å². The van der Waals surface area contributed by atoms with Crippen molar-refractivity contribution in [1.82, 2.24) is 25.2 Å². The maximum atomic E-state index is 5.89. The Balaban J connectivity index is 2.30. The van der Waals surface area contributed by atoms with Crippen LogP contribution in [0.15, 0.2) is 36.5 Å². The Morgan fingerprint density at radius 1 is 1.06 bits per heavy atom. The Morgan fingerprint density at radius 2 is 1.88 bits per heavy atom. The van der Waals surface area contributed by atoms with Gasteiger partial charge >= 0.3 is 0 Å². The average Bonchev–Trinajstić information content (AvgIpc) is 2.75. The van der Waals surface area contributed by atoms with E-state index in [1.54, 1.807) is 10.9 Å². The third kappa shape index (κ3) is 1.33. The van der Waals surface area contributed by atoms with Crippen LogP contribution in [0.25, 0.3) is 16.7 Å². The summed E-state index contributed by atoms with van der Waals surface area (Å²) in [5.74, 6) is 0. The van der Waals surface area contributed by atoms with Crippen LogP contribution in [-0.4, -0.2) is 25.2 Å². The molecule has 0 unspecified atom stereocenters. The molecule has 5 nitrogen and oxygen atoms in total. The van der Waals surface area contributed by atoms with Gasteiger partial charge in [0.2, 0.25) is 0 Å². The molecule has 0 aliphatic heterocycles. The topological polar surface area (TPSA) is 56.5 Å². The van der Waals surface area contributed by atoms with E-state index in [9.17, 15) is 0 Å². The number of fused-ring (bicyclic) bond motifs is 1. The van der Waals surface area contributed by atoms with E-state index in [-0.39, 0.29) is 0 Å². The molecule has 0 aliphatic rings. The third-order valence-electron chi connectivity index (χ3n) is 2.24. The van der Waals surface area contributed by atoms with E-state index >= 15 is 0 Å². The van der Waals surface area contributed by atoms with E-state index < -0.39 is 0 Å². The van der Waals surface area contributed by atoms with E-state index in [2.05, 4.69) is 20.5 Å². The zero-order valence-corrected chi connectivity index (χ0v) is 8.83. The second-order valence-electron chi connectivity index (χ2n) is 3.21. The lowest BCUT2D eigenvalue weighted by atomic mass is 10.3. The molecule has 16 heavy (non-hydrogen) atoms. The van der Waals surface area contributed by atoms with Crippen LogP contribution < -0.4 is 0 Å². The van der Waals surface area contributed by atoms with Crippen LogP contribution in [0.3, 0.4) is 0 Å². The summed E-state index contributed by atoms with van der Waals surface area (Å²) >= 11 is 5.89. The Bertz CT molecular complexity index is 634. The van der Waals surface area contributed by atoms with Crippen LogP contribution in [0.2, 0.25) is 5.15 Å². The summed E-state index contributed by atoms with van der Waals surface area (Å²) in [6, 6.07) is 9.67. The SMILES string of the molecule is Clc1nnnc2c1cnn2-c1ccccc1. The normalized spacial score (nSPS) is 10.8.